The number of aromatic nitrogens is 1. The molecule has 0 spiro atoms. The second-order valence-electron chi connectivity index (χ2n) is 6.22. The smallest absolute Gasteiger partial charge is 0.340 e. The van der Waals surface area contributed by atoms with Crippen molar-refractivity contribution >= 4 is 11.9 Å². The molecular formula is C20H25NO4. The maximum atomic E-state index is 12.3. The predicted octanol–water partition coefficient (Wildman–Crippen LogP) is 3.66. The number of benzene rings is 1. The van der Waals surface area contributed by atoms with Crippen LogP contribution in [-0.2, 0) is 22.5 Å². The zero-order valence-corrected chi connectivity index (χ0v) is 15.3. The lowest BCUT2D eigenvalue weighted by Gasteiger charge is -2.13. The molecule has 0 fully saturated rings. The molecule has 134 valence electrons. The van der Waals surface area contributed by atoms with Crippen LogP contribution in [0.4, 0.5) is 0 Å². The van der Waals surface area contributed by atoms with Crippen LogP contribution in [0.2, 0.25) is 0 Å². The van der Waals surface area contributed by atoms with Gasteiger partial charge in [-0.2, -0.15) is 0 Å². The Balaban J connectivity index is 2.49. The molecule has 0 aliphatic rings. The van der Waals surface area contributed by atoms with Crippen LogP contribution >= 0.6 is 0 Å². The van der Waals surface area contributed by atoms with E-state index in [4.69, 9.17) is 9.84 Å². The van der Waals surface area contributed by atoms with Crippen molar-refractivity contribution in [1.29, 1.82) is 0 Å². The van der Waals surface area contributed by atoms with E-state index in [1.165, 1.54) is 0 Å². The summed E-state index contributed by atoms with van der Waals surface area (Å²) in [7, 11) is 0. The monoisotopic (exact) mass is 343 g/mol. The number of carbonyl (C=O) groups is 2. The first-order valence-corrected chi connectivity index (χ1v) is 8.48. The van der Waals surface area contributed by atoms with Crippen LogP contribution in [0, 0.1) is 20.8 Å². The molecule has 0 radical (unpaired) electrons. The van der Waals surface area contributed by atoms with E-state index in [1.54, 1.807) is 6.92 Å². The number of nitrogens with zero attached hydrogens (tertiary/aromatic N) is 1. The second kappa shape index (κ2) is 8.01. The quantitative estimate of drug-likeness (QED) is 0.779. The van der Waals surface area contributed by atoms with Gasteiger partial charge in [-0.25, -0.2) is 4.79 Å². The van der Waals surface area contributed by atoms with Crippen LogP contribution in [0.3, 0.4) is 0 Å². The van der Waals surface area contributed by atoms with Crippen molar-refractivity contribution in [1.82, 2.24) is 4.57 Å². The van der Waals surface area contributed by atoms with Crippen molar-refractivity contribution in [2.75, 3.05) is 6.61 Å². The molecule has 0 atom stereocenters. The first-order chi connectivity index (χ1) is 11.8. The van der Waals surface area contributed by atoms with E-state index in [0.717, 1.165) is 28.1 Å². The summed E-state index contributed by atoms with van der Waals surface area (Å²) in [5, 5.41) is 9.05. The summed E-state index contributed by atoms with van der Waals surface area (Å²) >= 11 is 0. The Bertz CT molecular complexity index is 789. The summed E-state index contributed by atoms with van der Waals surface area (Å²) < 4.78 is 7.23. The van der Waals surface area contributed by atoms with Crippen LogP contribution in [-0.4, -0.2) is 28.2 Å². The van der Waals surface area contributed by atoms with E-state index >= 15 is 0 Å². The Morgan fingerprint density at radius 2 is 1.92 bits per heavy atom. The maximum Gasteiger partial charge on any atom is 0.340 e. The zero-order chi connectivity index (χ0) is 18.6. The molecule has 1 aromatic heterocycles. The molecule has 5 nitrogen and oxygen atoms in total. The molecule has 0 saturated heterocycles. The summed E-state index contributed by atoms with van der Waals surface area (Å²) in [6.45, 7) is 8.47. The normalized spacial score (nSPS) is 10.7. The highest BCUT2D eigenvalue weighted by molar-refractivity contribution is 5.93. The van der Waals surface area contributed by atoms with Gasteiger partial charge in [0.05, 0.1) is 18.6 Å². The van der Waals surface area contributed by atoms with Gasteiger partial charge in [-0.1, -0.05) is 29.8 Å². The fourth-order valence-electron chi connectivity index (χ4n) is 3.21. The minimum Gasteiger partial charge on any atom is -0.481 e. The van der Waals surface area contributed by atoms with Gasteiger partial charge < -0.3 is 14.4 Å². The highest BCUT2D eigenvalue weighted by atomic mass is 16.5. The molecule has 25 heavy (non-hydrogen) atoms. The molecule has 0 aliphatic heterocycles. The summed E-state index contributed by atoms with van der Waals surface area (Å²) in [5.74, 6) is -1.20. The highest BCUT2D eigenvalue weighted by Crippen LogP contribution is 2.26. The number of carboxylic acid groups (broad SMARTS) is 1. The third kappa shape index (κ3) is 4.29. The SMILES string of the molecule is CCOC(=O)c1c(C)c(CCC(=O)O)n(Cc2cccc(C)c2)c1C. The second-order valence-corrected chi connectivity index (χ2v) is 6.22. The first kappa shape index (κ1) is 18.8. The number of hydrogen-bond acceptors (Lipinski definition) is 3. The number of esters is 1. The van der Waals surface area contributed by atoms with Crippen LogP contribution < -0.4 is 0 Å². The fraction of sp³-hybridized carbons (Fsp3) is 0.400. The standard InChI is InChI=1S/C20H25NO4/c1-5-25-20(24)19-14(3)17(9-10-18(22)23)21(15(19)4)12-16-8-6-7-13(2)11-16/h6-8,11H,5,9-10,12H2,1-4H3,(H,22,23). The van der Waals surface area contributed by atoms with E-state index in [0.29, 0.717) is 25.1 Å². The van der Waals surface area contributed by atoms with Gasteiger partial charge in [-0.15, -0.1) is 0 Å². The minimum atomic E-state index is -0.849. The van der Waals surface area contributed by atoms with Crippen molar-refractivity contribution in [2.45, 2.75) is 47.1 Å². The Labute approximate surface area is 148 Å². The number of aliphatic carboxylic acids is 1. The first-order valence-electron chi connectivity index (χ1n) is 8.48. The lowest BCUT2D eigenvalue weighted by molar-refractivity contribution is -0.137. The van der Waals surface area contributed by atoms with Crippen LogP contribution in [0.5, 0.6) is 0 Å². The number of carboxylic acids is 1. The maximum absolute atomic E-state index is 12.3. The average Bonchev–Trinajstić information content (AvgIpc) is 2.76. The van der Waals surface area contributed by atoms with Crippen molar-refractivity contribution in [3.63, 3.8) is 0 Å². The number of rotatable bonds is 7. The molecule has 5 heteroatoms. The summed E-state index contributed by atoms with van der Waals surface area (Å²) in [6, 6.07) is 8.17. The average molecular weight is 343 g/mol. The van der Waals surface area contributed by atoms with E-state index < -0.39 is 5.97 Å². The van der Waals surface area contributed by atoms with Gasteiger partial charge in [0.25, 0.3) is 0 Å². The number of ether oxygens (including phenoxy) is 1. The van der Waals surface area contributed by atoms with Gasteiger partial charge in [0.1, 0.15) is 0 Å². The van der Waals surface area contributed by atoms with Crippen LogP contribution in [0.1, 0.15) is 51.8 Å². The lowest BCUT2D eigenvalue weighted by Crippen LogP contribution is -2.10. The van der Waals surface area contributed by atoms with Crippen LogP contribution in [0.25, 0.3) is 0 Å². The highest BCUT2D eigenvalue weighted by Gasteiger charge is 2.23. The van der Waals surface area contributed by atoms with Crippen LogP contribution in [0.15, 0.2) is 24.3 Å². The Kier molecular flexibility index (Phi) is 6.02. The molecule has 0 bridgehead atoms. The molecule has 1 N–H and O–H groups in total. The van der Waals surface area contributed by atoms with Crippen molar-refractivity contribution < 1.29 is 19.4 Å². The van der Waals surface area contributed by atoms with Gasteiger partial charge in [-0.3, -0.25) is 4.79 Å². The molecule has 0 amide bonds. The van der Waals surface area contributed by atoms with E-state index in [9.17, 15) is 9.59 Å². The minimum absolute atomic E-state index is 0.0282. The Morgan fingerprint density at radius 3 is 2.52 bits per heavy atom. The molecule has 2 aromatic rings. The summed E-state index contributed by atoms with van der Waals surface area (Å²) in [4.78, 5) is 23.4. The molecule has 2 rings (SSSR count). The largest absolute Gasteiger partial charge is 0.481 e. The van der Waals surface area contributed by atoms with Gasteiger partial charge in [0.2, 0.25) is 0 Å². The van der Waals surface area contributed by atoms with E-state index in [-0.39, 0.29) is 12.4 Å². The number of carbonyl (C=O) groups excluding carboxylic acids is 1. The molecule has 0 saturated carbocycles. The fourth-order valence-corrected chi connectivity index (χ4v) is 3.21. The Morgan fingerprint density at radius 1 is 1.20 bits per heavy atom. The number of aryl methyl sites for hydroxylation is 1. The van der Waals surface area contributed by atoms with Crippen molar-refractivity contribution in [2.24, 2.45) is 0 Å². The predicted molar refractivity (Wildman–Crippen MR) is 96.1 cm³/mol. The molecule has 0 unspecified atom stereocenters. The lowest BCUT2D eigenvalue weighted by atomic mass is 10.1. The van der Waals surface area contributed by atoms with Gasteiger partial charge >= 0.3 is 11.9 Å². The van der Waals surface area contributed by atoms with E-state index in [2.05, 4.69) is 6.07 Å². The van der Waals surface area contributed by atoms with Gasteiger partial charge in [-0.05, 0) is 45.2 Å². The van der Waals surface area contributed by atoms with Crippen molar-refractivity contribution in [3.8, 4) is 0 Å². The Hall–Kier alpha value is -2.56. The van der Waals surface area contributed by atoms with E-state index in [1.807, 2.05) is 43.5 Å². The third-order valence-electron chi connectivity index (χ3n) is 4.38. The third-order valence-corrected chi connectivity index (χ3v) is 4.38. The molecule has 1 aromatic carbocycles. The summed E-state index contributed by atoms with van der Waals surface area (Å²) in [5.41, 5.74) is 5.34. The topological polar surface area (TPSA) is 68.5 Å². The van der Waals surface area contributed by atoms with Gasteiger partial charge in [0.15, 0.2) is 0 Å². The molecule has 1 heterocycles. The zero-order valence-electron chi connectivity index (χ0n) is 15.3. The number of hydrogen-bond donors (Lipinski definition) is 1. The summed E-state index contributed by atoms with van der Waals surface area (Å²) in [6.07, 6.45) is 0.410. The molecular weight excluding hydrogens is 318 g/mol. The molecule has 0 aliphatic carbocycles. The van der Waals surface area contributed by atoms with Gasteiger partial charge in [0, 0.05) is 17.9 Å². The van der Waals surface area contributed by atoms with Crippen molar-refractivity contribution in [3.05, 3.63) is 57.9 Å².